The second-order valence-corrected chi connectivity index (χ2v) is 4.58. The van der Waals surface area contributed by atoms with Gasteiger partial charge in [-0.1, -0.05) is 20.8 Å². The first-order valence-electron chi connectivity index (χ1n) is 5.10. The number of nitrogens with two attached hydrogens (primary N) is 1. The quantitative estimate of drug-likeness (QED) is 0.520. The summed E-state index contributed by atoms with van der Waals surface area (Å²) in [6, 6.07) is 0. The lowest BCUT2D eigenvalue weighted by Crippen LogP contribution is -2.36. The second kappa shape index (κ2) is 3.99. The molecule has 0 aromatic rings. The molecular weight excluding hydrogens is 162 g/mol. The van der Waals surface area contributed by atoms with E-state index in [-0.39, 0.29) is 0 Å². The molecule has 76 valence electrons. The minimum absolute atomic E-state index is 0.409. The number of hydrogen-bond acceptors (Lipinski definition) is 1. The third kappa shape index (κ3) is 2.90. The van der Waals surface area contributed by atoms with Crippen molar-refractivity contribution in [3.8, 4) is 0 Å². The van der Waals surface area contributed by atoms with Gasteiger partial charge in [-0.15, -0.1) is 0 Å². The molecule has 1 rings (SSSR count). The van der Waals surface area contributed by atoms with Gasteiger partial charge in [-0.05, 0) is 18.3 Å². The Labute approximate surface area is 81.0 Å². The molecule has 1 saturated heterocycles. The molecule has 0 unspecified atom stereocenters. The number of guanidine groups is 1. The van der Waals surface area contributed by atoms with E-state index in [0.29, 0.717) is 5.41 Å². The number of nitrogens with zero attached hydrogens (tertiary/aromatic N) is 2. The van der Waals surface area contributed by atoms with E-state index in [0.717, 1.165) is 32.0 Å². The fraction of sp³-hybridized carbons (Fsp3) is 0.900. The molecule has 1 fully saturated rings. The van der Waals surface area contributed by atoms with Crippen LogP contribution in [0.5, 0.6) is 0 Å². The van der Waals surface area contributed by atoms with Crippen molar-refractivity contribution in [3.63, 3.8) is 0 Å². The normalized spacial score (nSPS) is 22.4. The van der Waals surface area contributed by atoms with Crippen LogP contribution in [0.3, 0.4) is 0 Å². The van der Waals surface area contributed by atoms with Crippen LogP contribution in [0.2, 0.25) is 0 Å². The molecule has 1 aliphatic rings. The zero-order chi connectivity index (χ0) is 9.90. The van der Waals surface area contributed by atoms with Crippen molar-refractivity contribution in [2.24, 2.45) is 16.1 Å². The van der Waals surface area contributed by atoms with E-state index in [2.05, 4.69) is 30.7 Å². The fourth-order valence-electron chi connectivity index (χ4n) is 1.63. The molecule has 0 bridgehead atoms. The molecule has 0 amide bonds. The third-order valence-electron chi connectivity index (χ3n) is 2.50. The van der Waals surface area contributed by atoms with E-state index in [1.54, 1.807) is 0 Å². The van der Waals surface area contributed by atoms with Crippen LogP contribution in [0, 0.1) is 5.41 Å². The summed E-state index contributed by atoms with van der Waals surface area (Å²) < 4.78 is 0. The molecular formula is C10H21N3. The first kappa shape index (κ1) is 10.4. The molecule has 3 nitrogen and oxygen atoms in total. The van der Waals surface area contributed by atoms with Crippen LogP contribution >= 0.6 is 0 Å². The highest BCUT2D eigenvalue weighted by Gasteiger charge is 2.29. The molecule has 0 aromatic heterocycles. The largest absolute Gasteiger partial charge is 0.370 e. The zero-order valence-corrected chi connectivity index (χ0v) is 9.01. The van der Waals surface area contributed by atoms with Gasteiger partial charge in [-0.3, -0.25) is 4.99 Å². The van der Waals surface area contributed by atoms with Gasteiger partial charge in [0.15, 0.2) is 5.96 Å². The van der Waals surface area contributed by atoms with E-state index >= 15 is 0 Å². The molecule has 3 heteroatoms. The Bertz CT molecular complexity index is 196. The molecule has 1 heterocycles. The number of aliphatic imine (C=N–C) groups is 1. The van der Waals surface area contributed by atoms with E-state index in [1.807, 2.05) is 0 Å². The Hall–Kier alpha value is -0.730. The summed E-state index contributed by atoms with van der Waals surface area (Å²) in [6.45, 7) is 9.63. The minimum atomic E-state index is 0.409. The summed E-state index contributed by atoms with van der Waals surface area (Å²) >= 11 is 0. The standard InChI is InChI=1S/C10H21N3/c1-4-6-12-9(11)13-7-5-10(2,3)8-13/h4-8H2,1-3H3,(H2,11,12). The van der Waals surface area contributed by atoms with Crippen LogP contribution in [-0.4, -0.2) is 30.5 Å². The Morgan fingerprint density at radius 1 is 1.54 bits per heavy atom. The van der Waals surface area contributed by atoms with Gasteiger partial charge in [0, 0.05) is 19.6 Å². The molecule has 0 aliphatic carbocycles. The van der Waals surface area contributed by atoms with Crippen LogP contribution in [0.25, 0.3) is 0 Å². The smallest absolute Gasteiger partial charge is 0.191 e. The molecule has 2 N–H and O–H groups in total. The van der Waals surface area contributed by atoms with Crippen LogP contribution in [0.1, 0.15) is 33.6 Å². The van der Waals surface area contributed by atoms with Crippen molar-refractivity contribution in [2.75, 3.05) is 19.6 Å². The molecule has 0 radical (unpaired) electrons. The lowest BCUT2D eigenvalue weighted by atomic mass is 9.93. The van der Waals surface area contributed by atoms with Crippen molar-refractivity contribution in [2.45, 2.75) is 33.6 Å². The van der Waals surface area contributed by atoms with Gasteiger partial charge >= 0.3 is 0 Å². The molecule has 13 heavy (non-hydrogen) atoms. The average Bonchev–Trinajstić information content (AvgIpc) is 2.42. The van der Waals surface area contributed by atoms with Crippen molar-refractivity contribution in [3.05, 3.63) is 0 Å². The third-order valence-corrected chi connectivity index (χ3v) is 2.50. The molecule has 0 spiro atoms. The topological polar surface area (TPSA) is 41.6 Å². The number of likely N-dealkylation sites (tertiary alicyclic amines) is 1. The van der Waals surface area contributed by atoms with Crippen LogP contribution in [0.15, 0.2) is 4.99 Å². The highest BCUT2D eigenvalue weighted by atomic mass is 15.3. The fourth-order valence-corrected chi connectivity index (χ4v) is 1.63. The maximum absolute atomic E-state index is 5.86. The van der Waals surface area contributed by atoms with Gasteiger partial charge in [0.25, 0.3) is 0 Å². The summed E-state index contributed by atoms with van der Waals surface area (Å²) in [5.74, 6) is 0.729. The zero-order valence-electron chi connectivity index (χ0n) is 9.01. The van der Waals surface area contributed by atoms with Crippen molar-refractivity contribution in [1.29, 1.82) is 0 Å². The Morgan fingerprint density at radius 2 is 2.23 bits per heavy atom. The van der Waals surface area contributed by atoms with Gasteiger partial charge in [0.1, 0.15) is 0 Å². The van der Waals surface area contributed by atoms with Crippen molar-refractivity contribution < 1.29 is 0 Å². The monoisotopic (exact) mass is 183 g/mol. The lowest BCUT2D eigenvalue weighted by Gasteiger charge is -2.20. The average molecular weight is 183 g/mol. The molecule has 0 aromatic carbocycles. The van der Waals surface area contributed by atoms with Crippen LogP contribution in [-0.2, 0) is 0 Å². The SMILES string of the molecule is CCCN=C(N)N1CCC(C)(C)C1. The summed E-state index contributed by atoms with van der Waals surface area (Å²) in [5, 5.41) is 0. The van der Waals surface area contributed by atoms with E-state index in [1.165, 1.54) is 6.42 Å². The van der Waals surface area contributed by atoms with Gasteiger partial charge in [-0.25, -0.2) is 0 Å². The summed E-state index contributed by atoms with van der Waals surface area (Å²) in [7, 11) is 0. The molecule has 0 atom stereocenters. The van der Waals surface area contributed by atoms with Gasteiger partial charge in [0.05, 0.1) is 0 Å². The van der Waals surface area contributed by atoms with Crippen LogP contribution < -0.4 is 5.73 Å². The number of rotatable bonds is 2. The Morgan fingerprint density at radius 3 is 2.69 bits per heavy atom. The second-order valence-electron chi connectivity index (χ2n) is 4.58. The highest BCUT2D eigenvalue weighted by molar-refractivity contribution is 5.78. The number of hydrogen-bond donors (Lipinski definition) is 1. The van der Waals surface area contributed by atoms with Gasteiger partial charge in [-0.2, -0.15) is 0 Å². The van der Waals surface area contributed by atoms with Crippen molar-refractivity contribution in [1.82, 2.24) is 4.90 Å². The maximum Gasteiger partial charge on any atom is 0.191 e. The Kier molecular flexibility index (Phi) is 3.17. The van der Waals surface area contributed by atoms with Crippen LogP contribution in [0.4, 0.5) is 0 Å². The van der Waals surface area contributed by atoms with Gasteiger partial charge in [0.2, 0.25) is 0 Å². The predicted molar refractivity (Wildman–Crippen MR) is 56.8 cm³/mol. The highest BCUT2D eigenvalue weighted by Crippen LogP contribution is 2.28. The van der Waals surface area contributed by atoms with E-state index < -0.39 is 0 Å². The first-order valence-corrected chi connectivity index (χ1v) is 5.10. The summed E-state index contributed by atoms with van der Waals surface area (Å²) in [5.41, 5.74) is 6.27. The Balaban J connectivity index is 2.46. The van der Waals surface area contributed by atoms with Gasteiger partial charge < -0.3 is 10.6 Å². The first-order chi connectivity index (χ1) is 6.05. The summed E-state index contributed by atoms with van der Waals surface area (Å²) in [6.07, 6.45) is 2.28. The molecule has 1 aliphatic heterocycles. The van der Waals surface area contributed by atoms with E-state index in [9.17, 15) is 0 Å². The molecule has 0 saturated carbocycles. The summed E-state index contributed by atoms with van der Waals surface area (Å²) in [4.78, 5) is 6.50. The maximum atomic E-state index is 5.86. The van der Waals surface area contributed by atoms with Crippen molar-refractivity contribution >= 4 is 5.96 Å². The van der Waals surface area contributed by atoms with E-state index in [4.69, 9.17) is 5.73 Å². The predicted octanol–water partition coefficient (Wildman–Crippen LogP) is 1.44. The minimum Gasteiger partial charge on any atom is -0.370 e. The lowest BCUT2D eigenvalue weighted by molar-refractivity contribution is 0.373.